The first-order chi connectivity index (χ1) is 8.54. The molecule has 0 saturated heterocycles. The van der Waals surface area contributed by atoms with E-state index in [1.54, 1.807) is 20.8 Å². The zero-order chi connectivity index (χ0) is 15.3. The van der Waals surface area contributed by atoms with Gasteiger partial charge in [-0.3, -0.25) is 9.59 Å². The summed E-state index contributed by atoms with van der Waals surface area (Å²) in [5, 5.41) is 10.1. The summed E-state index contributed by atoms with van der Waals surface area (Å²) in [6, 6.07) is 0. The van der Waals surface area contributed by atoms with E-state index in [1.165, 1.54) is 0 Å². The standard InChI is InChI=1S/C12H20O7/c1-11(2,3)19-9(14)7-12(16,10(15)18-5)6-8(13)17-4/h16H,6-7H2,1-5H3. The lowest BCUT2D eigenvalue weighted by molar-refractivity contribution is -0.178. The Morgan fingerprint density at radius 3 is 1.79 bits per heavy atom. The summed E-state index contributed by atoms with van der Waals surface area (Å²) in [6.07, 6.45) is -1.37. The Labute approximate surface area is 111 Å². The van der Waals surface area contributed by atoms with Crippen LogP contribution in [0.1, 0.15) is 33.6 Å². The van der Waals surface area contributed by atoms with Gasteiger partial charge in [-0.1, -0.05) is 0 Å². The summed E-state index contributed by atoms with van der Waals surface area (Å²) in [6.45, 7) is 4.92. The molecule has 0 rings (SSSR count). The number of ether oxygens (including phenoxy) is 3. The minimum Gasteiger partial charge on any atom is -0.469 e. The number of aliphatic hydroxyl groups is 1. The fraction of sp³-hybridized carbons (Fsp3) is 0.750. The van der Waals surface area contributed by atoms with E-state index >= 15 is 0 Å². The second kappa shape index (κ2) is 6.51. The molecule has 0 saturated carbocycles. The third-order valence-electron chi connectivity index (χ3n) is 2.09. The van der Waals surface area contributed by atoms with Gasteiger partial charge in [0.05, 0.1) is 27.1 Å². The van der Waals surface area contributed by atoms with Crippen LogP contribution >= 0.6 is 0 Å². The molecule has 0 spiro atoms. The van der Waals surface area contributed by atoms with E-state index in [0.29, 0.717) is 0 Å². The van der Waals surface area contributed by atoms with Gasteiger partial charge >= 0.3 is 17.9 Å². The minimum absolute atomic E-state index is 0.685. The molecule has 0 aromatic rings. The minimum atomic E-state index is -2.29. The lowest BCUT2D eigenvalue weighted by Crippen LogP contribution is -2.45. The molecule has 7 heteroatoms. The molecule has 0 radical (unpaired) electrons. The second-order valence-corrected chi connectivity index (χ2v) is 5.04. The largest absolute Gasteiger partial charge is 0.469 e. The Kier molecular flexibility index (Phi) is 5.95. The Balaban J connectivity index is 4.92. The average Bonchev–Trinajstić information content (AvgIpc) is 2.24. The van der Waals surface area contributed by atoms with Crippen molar-refractivity contribution in [3.63, 3.8) is 0 Å². The van der Waals surface area contributed by atoms with Crippen LogP contribution in [-0.2, 0) is 28.6 Å². The van der Waals surface area contributed by atoms with Gasteiger partial charge in [0, 0.05) is 0 Å². The summed E-state index contributed by atoms with van der Waals surface area (Å²) in [4.78, 5) is 34.3. The van der Waals surface area contributed by atoms with Gasteiger partial charge in [0.2, 0.25) is 0 Å². The van der Waals surface area contributed by atoms with Crippen molar-refractivity contribution >= 4 is 17.9 Å². The molecule has 1 atom stereocenters. The topological polar surface area (TPSA) is 99.1 Å². The van der Waals surface area contributed by atoms with Gasteiger partial charge in [0.25, 0.3) is 0 Å². The van der Waals surface area contributed by atoms with Crippen molar-refractivity contribution in [2.75, 3.05) is 14.2 Å². The van der Waals surface area contributed by atoms with Gasteiger partial charge in [0.15, 0.2) is 5.60 Å². The molecule has 0 aliphatic rings. The highest BCUT2D eigenvalue weighted by Crippen LogP contribution is 2.21. The highest BCUT2D eigenvalue weighted by atomic mass is 16.6. The first kappa shape index (κ1) is 17.4. The summed E-state index contributed by atoms with van der Waals surface area (Å²) in [5.74, 6) is -2.75. The molecule has 0 amide bonds. The number of carbonyl (C=O) groups is 3. The van der Waals surface area contributed by atoms with Crippen molar-refractivity contribution in [1.82, 2.24) is 0 Å². The van der Waals surface area contributed by atoms with E-state index in [2.05, 4.69) is 9.47 Å². The summed E-state index contributed by atoms with van der Waals surface area (Å²) in [5.41, 5.74) is -3.05. The lowest BCUT2D eigenvalue weighted by atomic mass is 9.95. The smallest absolute Gasteiger partial charge is 0.339 e. The van der Waals surface area contributed by atoms with Gasteiger partial charge in [-0.05, 0) is 20.8 Å². The molecule has 0 bridgehead atoms. The molecule has 0 heterocycles. The molecular formula is C12H20O7. The van der Waals surface area contributed by atoms with Gasteiger partial charge in [-0.25, -0.2) is 4.79 Å². The quantitative estimate of drug-likeness (QED) is 0.565. The predicted octanol–water partition coefficient (Wildman–Crippen LogP) is 0.185. The van der Waals surface area contributed by atoms with E-state index in [4.69, 9.17) is 4.74 Å². The average molecular weight is 276 g/mol. The van der Waals surface area contributed by atoms with Crippen LogP contribution in [0.5, 0.6) is 0 Å². The summed E-state index contributed by atoms with van der Waals surface area (Å²) < 4.78 is 13.7. The van der Waals surface area contributed by atoms with Crippen LogP contribution in [0.15, 0.2) is 0 Å². The summed E-state index contributed by atoms with van der Waals surface area (Å²) in [7, 11) is 2.15. The predicted molar refractivity (Wildman–Crippen MR) is 64.1 cm³/mol. The third-order valence-corrected chi connectivity index (χ3v) is 2.09. The molecule has 0 aromatic carbocycles. The molecule has 110 valence electrons. The monoisotopic (exact) mass is 276 g/mol. The van der Waals surface area contributed by atoms with Crippen molar-refractivity contribution in [2.45, 2.75) is 44.8 Å². The number of carbonyl (C=O) groups excluding carboxylic acids is 3. The van der Waals surface area contributed by atoms with Gasteiger partial charge in [0.1, 0.15) is 5.60 Å². The van der Waals surface area contributed by atoms with Gasteiger partial charge in [-0.15, -0.1) is 0 Å². The molecule has 0 fully saturated rings. The number of esters is 3. The lowest BCUT2D eigenvalue weighted by Gasteiger charge is -2.26. The highest BCUT2D eigenvalue weighted by molar-refractivity contribution is 5.90. The Hall–Kier alpha value is -1.63. The molecular weight excluding hydrogens is 256 g/mol. The zero-order valence-electron chi connectivity index (χ0n) is 11.8. The molecule has 0 aliphatic heterocycles. The maximum Gasteiger partial charge on any atom is 0.339 e. The third kappa shape index (κ3) is 6.19. The molecule has 0 aliphatic carbocycles. The summed E-state index contributed by atoms with van der Waals surface area (Å²) >= 11 is 0. The number of rotatable bonds is 5. The second-order valence-electron chi connectivity index (χ2n) is 5.04. The number of hydrogen-bond donors (Lipinski definition) is 1. The number of hydrogen-bond acceptors (Lipinski definition) is 7. The van der Waals surface area contributed by atoms with Crippen LogP contribution in [0, 0.1) is 0 Å². The van der Waals surface area contributed by atoms with Crippen LogP contribution in [0.2, 0.25) is 0 Å². The van der Waals surface area contributed by atoms with Crippen molar-refractivity contribution in [1.29, 1.82) is 0 Å². The maximum atomic E-state index is 11.6. The Morgan fingerprint density at radius 2 is 1.42 bits per heavy atom. The fourth-order valence-electron chi connectivity index (χ4n) is 1.32. The van der Waals surface area contributed by atoms with Gasteiger partial charge < -0.3 is 19.3 Å². The van der Waals surface area contributed by atoms with Crippen LogP contribution in [-0.4, -0.2) is 48.4 Å². The molecule has 19 heavy (non-hydrogen) atoms. The first-order valence-electron chi connectivity index (χ1n) is 5.63. The van der Waals surface area contributed by atoms with Crippen molar-refractivity contribution < 1.29 is 33.7 Å². The van der Waals surface area contributed by atoms with Crippen molar-refractivity contribution in [2.24, 2.45) is 0 Å². The number of methoxy groups -OCH3 is 2. The van der Waals surface area contributed by atoms with Crippen LogP contribution in [0.3, 0.4) is 0 Å². The van der Waals surface area contributed by atoms with Crippen molar-refractivity contribution in [3.8, 4) is 0 Å². The Morgan fingerprint density at radius 1 is 0.947 bits per heavy atom. The van der Waals surface area contributed by atoms with E-state index in [-0.39, 0.29) is 0 Å². The van der Waals surface area contributed by atoms with E-state index in [9.17, 15) is 19.5 Å². The maximum absolute atomic E-state index is 11.6. The SMILES string of the molecule is COC(=O)CC(O)(CC(=O)OC(C)(C)C)C(=O)OC. The van der Waals surface area contributed by atoms with E-state index in [1.807, 2.05) is 0 Å². The fourth-order valence-corrected chi connectivity index (χ4v) is 1.32. The van der Waals surface area contributed by atoms with Crippen molar-refractivity contribution in [3.05, 3.63) is 0 Å². The molecule has 0 aromatic heterocycles. The molecule has 1 N–H and O–H groups in total. The normalized spacial score (nSPS) is 14.2. The zero-order valence-corrected chi connectivity index (χ0v) is 11.8. The molecule has 7 nitrogen and oxygen atoms in total. The molecule has 1 unspecified atom stereocenters. The van der Waals surface area contributed by atoms with Crippen LogP contribution in [0.25, 0.3) is 0 Å². The van der Waals surface area contributed by atoms with Crippen LogP contribution in [0.4, 0.5) is 0 Å². The first-order valence-corrected chi connectivity index (χ1v) is 5.63. The van der Waals surface area contributed by atoms with Crippen LogP contribution < -0.4 is 0 Å². The van der Waals surface area contributed by atoms with E-state index < -0.39 is 42.0 Å². The van der Waals surface area contributed by atoms with E-state index in [0.717, 1.165) is 14.2 Å². The highest BCUT2D eigenvalue weighted by Gasteiger charge is 2.43. The Bertz CT molecular complexity index is 356. The van der Waals surface area contributed by atoms with Gasteiger partial charge in [-0.2, -0.15) is 0 Å².